The molecule has 0 aromatic carbocycles. The number of aromatic nitrogens is 1. The van der Waals surface area contributed by atoms with Crippen molar-refractivity contribution in [1.29, 1.82) is 0 Å². The van der Waals surface area contributed by atoms with E-state index in [0.29, 0.717) is 0 Å². The molecule has 2 aliphatic rings. The van der Waals surface area contributed by atoms with Gasteiger partial charge in [-0.05, 0) is 24.5 Å². The number of anilines is 1. The molecule has 0 radical (unpaired) electrons. The van der Waals surface area contributed by atoms with Crippen molar-refractivity contribution in [2.45, 2.75) is 18.9 Å². The van der Waals surface area contributed by atoms with Crippen LogP contribution in [0, 0.1) is 0 Å². The highest BCUT2D eigenvalue weighted by molar-refractivity contribution is 5.50. The lowest BCUT2D eigenvalue weighted by molar-refractivity contribution is -0.118. The minimum Gasteiger partial charge on any atom is -0.378 e. The van der Waals surface area contributed by atoms with Crippen LogP contribution < -0.4 is 4.90 Å². The number of carbonyl (C=O) groups is 1. The van der Waals surface area contributed by atoms with Crippen LogP contribution in [0.25, 0.3) is 0 Å². The summed E-state index contributed by atoms with van der Waals surface area (Å²) in [7, 11) is 0. The van der Waals surface area contributed by atoms with Gasteiger partial charge >= 0.3 is 0 Å². The third-order valence-corrected chi connectivity index (χ3v) is 3.92. The molecule has 0 spiro atoms. The Morgan fingerprint density at radius 1 is 1.26 bits per heavy atom. The number of likely N-dealkylation sites (tertiary alicyclic amines) is 1. The van der Waals surface area contributed by atoms with E-state index in [4.69, 9.17) is 4.74 Å². The molecular weight excluding hydrogens is 242 g/mol. The van der Waals surface area contributed by atoms with Gasteiger partial charge in [-0.3, -0.25) is 4.79 Å². The van der Waals surface area contributed by atoms with Crippen LogP contribution in [0.2, 0.25) is 0 Å². The molecule has 1 aromatic heterocycles. The van der Waals surface area contributed by atoms with Crippen LogP contribution in [0.15, 0.2) is 18.3 Å². The van der Waals surface area contributed by atoms with Gasteiger partial charge in [-0.25, -0.2) is 4.98 Å². The largest absolute Gasteiger partial charge is 0.378 e. The zero-order chi connectivity index (χ0) is 13.1. The van der Waals surface area contributed by atoms with E-state index in [0.717, 1.165) is 63.5 Å². The molecule has 0 bridgehead atoms. The van der Waals surface area contributed by atoms with Gasteiger partial charge in [0, 0.05) is 25.8 Å². The summed E-state index contributed by atoms with van der Waals surface area (Å²) >= 11 is 0. The fraction of sp³-hybridized carbons (Fsp3) is 0.571. The maximum Gasteiger partial charge on any atom is 0.210 e. The Labute approximate surface area is 113 Å². The summed E-state index contributed by atoms with van der Waals surface area (Å²) in [6, 6.07) is 4.37. The summed E-state index contributed by atoms with van der Waals surface area (Å²) in [6.45, 7) is 4.20. The number of pyridine rings is 1. The van der Waals surface area contributed by atoms with Gasteiger partial charge in [-0.15, -0.1) is 0 Å². The molecule has 1 atom stereocenters. The van der Waals surface area contributed by atoms with Crippen molar-refractivity contribution in [3.05, 3.63) is 23.9 Å². The van der Waals surface area contributed by atoms with Gasteiger partial charge in [0.15, 0.2) is 0 Å². The van der Waals surface area contributed by atoms with Crippen molar-refractivity contribution in [2.75, 3.05) is 37.7 Å². The fourth-order valence-electron chi connectivity index (χ4n) is 2.85. The van der Waals surface area contributed by atoms with Crippen LogP contribution in [0.3, 0.4) is 0 Å². The summed E-state index contributed by atoms with van der Waals surface area (Å²) in [5.74, 6) is 1.00. The van der Waals surface area contributed by atoms with Crippen LogP contribution in [0.5, 0.6) is 0 Å². The second kappa shape index (κ2) is 5.57. The third-order valence-electron chi connectivity index (χ3n) is 3.92. The van der Waals surface area contributed by atoms with E-state index < -0.39 is 0 Å². The minimum atomic E-state index is 0.212. The van der Waals surface area contributed by atoms with Crippen molar-refractivity contribution in [3.8, 4) is 0 Å². The molecule has 5 nitrogen and oxygen atoms in total. The number of ether oxygens (including phenoxy) is 1. The average Bonchev–Trinajstić information content (AvgIpc) is 2.97. The molecular formula is C14H19N3O2. The SMILES string of the molecule is O=CN1CCCC1c1ccc(N2CCOCC2)nc1. The Morgan fingerprint density at radius 2 is 2.11 bits per heavy atom. The minimum absolute atomic E-state index is 0.212. The van der Waals surface area contributed by atoms with Crippen molar-refractivity contribution in [3.63, 3.8) is 0 Å². The highest BCUT2D eigenvalue weighted by atomic mass is 16.5. The normalized spacial score (nSPS) is 23.7. The van der Waals surface area contributed by atoms with Crippen molar-refractivity contribution in [1.82, 2.24) is 9.88 Å². The first-order chi connectivity index (χ1) is 9.38. The Hall–Kier alpha value is -1.62. The van der Waals surface area contributed by atoms with Crippen LogP contribution in [0.1, 0.15) is 24.4 Å². The van der Waals surface area contributed by atoms with E-state index in [2.05, 4.69) is 22.0 Å². The van der Waals surface area contributed by atoms with E-state index in [9.17, 15) is 4.79 Å². The van der Waals surface area contributed by atoms with Crippen molar-refractivity contribution >= 4 is 12.2 Å². The summed E-state index contributed by atoms with van der Waals surface area (Å²) in [5, 5.41) is 0. The van der Waals surface area contributed by atoms with Crippen LogP contribution >= 0.6 is 0 Å². The van der Waals surface area contributed by atoms with Crippen molar-refractivity contribution < 1.29 is 9.53 Å². The summed E-state index contributed by atoms with van der Waals surface area (Å²) in [4.78, 5) is 19.6. The second-order valence-electron chi connectivity index (χ2n) is 5.05. The fourth-order valence-corrected chi connectivity index (χ4v) is 2.85. The lowest BCUT2D eigenvalue weighted by atomic mass is 10.1. The smallest absolute Gasteiger partial charge is 0.210 e. The summed E-state index contributed by atoms with van der Waals surface area (Å²) < 4.78 is 5.34. The average molecular weight is 261 g/mol. The number of amides is 1. The van der Waals surface area contributed by atoms with E-state index in [-0.39, 0.29) is 6.04 Å². The lowest BCUT2D eigenvalue weighted by Crippen LogP contribution is -2.36. The number of morpholine rings is 1. The predicted molar refractivity (Wildman–Crippen MR) is 72.0 cm³/mol. The zero-order valence-electron chi connectivity index (χ0n) is 11.0. The maximum atomic E-state index is 11.0. The standard InChI is InChI=1S/C14H19N3O2/c18-11-17-5-1-2-13(17)12-3-4-14(15-10-12)16-6-8-19-9-7-16/h3-4,10-11,13H,1-2,5-9H2. The number of carbonyl (C=O) groups excluding carboxylic acids is 1. The number of nitrogens with zero attached hydrogens (tertiary/aromatic N) is 3. The molecule has 3 rings (SSSR count). The molecule has 1 aromatic rings. The first-order valence-corrected chi connectivity index (χ1v) is 6.88. The molecule has 1 unspecified atom stereocenters. The van der Waals surface area contributed by atoms with E-state index in [1.54, 1.807) is 0 Å². The molecule has 5 heteroatoms. The van der Waals surface area contributed by atoms with Gasteiger partial charge < -0.3 is 14.5 Å². The number of hydrogen-bond acceptors (Lipinski definition) is 4. The first kappa shape index (κ1) is 12.4. The lowest BCUT2D eigenvalue weighted by Gasteiger charge is -2.28. The topological polar surface area (TPSA) is 45.7 Å². The Morgan fingerprint density at radius 3 is 2.79 bits per heavy atom. The Balaban J connectivity index is 1.73. The maximum absolute atomic E-state index is 11.0. The van der Waals surface area contributed by atoms with E-state index >= 15 is 0 Å². The highest BCUT2D eigenvalue weighted by Crippen LogP contribution is 2.30. The molecule has 102 valence electrons. The quantitative estimate of drug-likeness (QED) is 0.767. The van der Waals surface area contributed by atoms with E-state index in [1.165, 1.54) is 0 Å². The number of hydrogen-bond donors (Lipinski definition) is 0. The highest BCUT2D eigenvalue weighted by Gasteiger charge is 2.25. The number of rotatable bonds is 3. The second-order valence-corrected chi connectivity index (χ2v) is 5.05. The van der Waals surface area contributed by atoms with Gasteiger partial charge in [0.1, 0.15) is 5.82 Å². The Kier molecular flexibility index (Phi) is 3.64. The molecule has 3 heterocycles. The predicted octanol–water partition coefficient (Wildman–Crippen LogP) is 1.21. The monoisotopic (exact) mass is 261 g/mol. The van der Waals surface area contributed by atoms with Gasteiger partial charge in [-0.2, -0.15) is 0 Å². The van der Waals surface area contributed by atoms with Crippen LogP contribution in [0.4, 0.5) is 5.82 Å². The summed E-state index contributed by atoms with van der Waals surface area (Å²) in [6.07, 6.45) is 4.98. The molecule has 2 aliphatic heterocycles. The van der Waals surface area contributed by atoms with Gasteiger partial charge in [-0.1, -0.05) is 6.07 Å². The van der Waals surface area contributed by atoms with Gasteiger partial charge in [0.2, 0.25) is 6.41 Å². The summed E-state index contributed by atoms with van der Waals surface area (Å²) in [5.41, 5.74) is 1.14. The van der Waals surface area contributed by atoms with Gasteiger partial charge in [0.05, 0.1) is 19.3 Å². The van der Waals surface area contributed by atoms with Crippen molar-refractivity contribution in [2.24, 2.45) is 0 Å². The van der Waals surface area contributed by atoms with Crippen LogP contribution in [-0.4, -0.2) is 49.1 Å². The van der Waals surface area contributed by atoms with Gasteiger partial charge in [0.25, 0.3) is 0 Å². The first-order valence-electron chi connectivity index (χ1n) is 6.88. The molecule has 0 N–H and O–H groups in total. The molecule has 2 saturated heterocycles. The third kappa shape index (κ3) is 2.56. The van der Waals surface area contributed by atoms with Crippen LogP contribution in [-0.2, 0) is 9.53 Å². The molecule has 2 fully saturated rings. The molecule has 0 aliphatic carbocycles. The molecule has 0 saturated carbocycles. The van der Waals surface area contributed by atoms with E-state index in [1.807, 2.05) is 11.1 Å². The Bertz CT molecular complexity index is 429. The molecule has 1 amide bonds. The molecule has 19 heavy (non-hydrogen) atoms. The zero-order valence-corrected chi connectivity index (χ0v) is 11.0.